The Kier molecular flexibility index (Phi) is 4.72. The Morgan fingerprint density at radius 2 is 1.76 bits per heavy atom. The molecular formula is C19H18O2. The Morgan fingerprint density at radius 3 is 2.52 bits per heavy atom. The fraction of sp³-hybridized carbons (Fsp3) is 0.105. The van der Waals surface area contributed by atoms with Crippen molar-refractivity contribution in [3.05, 3.63) is 77.9 Å². The highest BCUT2D eigenvalue weighted by molar-refractivity contribution is 5.93. The van der Waals surface area contributed by atoms with Crippen LogP contribution in [-0.2, 0) is 4.79 Å². The van der Waals surface area contributed by atoms with E-state index in [0.29, 0.717) is 5.57 Å². The number of carboxylic acids is 1. The van der Waals surface area contributed by atoms with Crippen molar-refractivity contribution >= 4 is 22.3 Å². The summed E-state index contributed by atoms with van der Waals surface area (Å²) in [5, 5.41) is 11.1. The first-order chi connectivity index (χ1) is 10.1. The summed E-state index contributed by atoms with van der Waals surface area (Å²) in [4.78, 5) is 10.5. The largest absolute Gasteiger partial charge is 0.478 e. The molecule has 0 aliphatic carbocycles. The van der Waals surface area contributed by atoms with Gasteiger partial charge in [0.25, 0.3) is 0 Å². The highest BCUT2D eigenvalue weighted by Crippen LogP contribution is 2.24. The van der Waals surface area contributed by atoms with E-state index in [9.17, 15) is 4.79 Å². The molecule has 2 aromatic rings. The Labute approximate surface area is 124 Å². The fourth-order valence-electron chi connectivity index (χ4n) is 2.25. The molecule has 21 heavy (non-hydrogen) atoms. The van der Waals surface area contributed by atoms with Gasteiger partial charge in [0.05, 0.1) is 0 Å². The van der Waals surface area contributed by atoms with E-state index in [1.165, 1.54) is 22.4 Å². The molecule has 0 saturated carbocycles. The maximum Gasteiger partial charge on any atom is 0.328 e. The topological polar surface area (TPSA) is 37.3 Å². The number of benzene rings is 2. The molecule has 2 aromatic carbocycles. The van der Waals surface area contributed by atoms with Gasteiger partial charge in [0.2, 0.25) is 0 Å². The molecule has 0 aliphatic rings. The smallest absolute Gasteiger partial charge is 0.328 e. The van der Waals surface area contributed by atoms with Crippen LogP contribution in [0.25, 0.3) is 16.3 Å². The number of rotatable bonds is 4. The summed E-state index contributed by atoms with van der Waals surface area (Å²) in [6.45, 7) is 3.83. The lowest BCUT2D eigenvalue weighted by atomic mass is 9.99. The molecule has 0 radical (unpaired) electrons. The molecule has 0 atom stereocenters. The zero-order valence-corrected chi connectivity index (χ0v) is 12.2. The fourth-order valence-corrected chi connectivity index (χ4v) is 2.25. The second-order valence-corrected chi connectivity index (χ2v) is 4.96. The van der Waals surface area contributed by atoms with Crippen molar-refractivity contribution in [1.29, 1.82) is 0 Å². The standard InChI is InChI=1S/C19H18O2/c1-14(13-19(20)21)7-5-8-15(2)17-12-6-10-16-9-3-4-11-18(16)17/h3-13H,1-2H3,(H,20,21)/b7-5+,14-13+,15-8-. The monoisotopic (exact) mass is 278 g/mol. The van der Waals surface area contributed by atoms with Gasteiger partial charge in [0.1, 0.15) is 0 Å². The van der Waals surface area contributed by atoms with Crippen LogP contribution in [0.15, 0.2) is 72.3 Å². The van der Waals surface area contributed by atoms with Crippen molar-refractivity contribution in [3.63, 3.8) is 0 Å². The first kappa shape index (κ1) is 14.8. The van der Waals surface area contributed by atoms with Crippen molar-refractivity contribution in [1.82, 2.24) is 0 Å². The summed E-state index contributed by atoms with van der Waals surface area (Å²) >= 11 is 0. The molecule has 0 amide bonds. The van der Waals surface area contributed by atoms with E-state index in [4.69, 9.17) is 5.11 Å². The number of carbonyl (C=O) groups is 1. The second kappa shape index (κ2) is 6.71. The van der Waals surface area contributed by atoms with Crippen LogP contribution in [0.3, 0.4) is 0 Å². The van der Waals surface area contributed by atoms with Crippen LogP contribution in [0.5, 0.6) is 0 Å². The van der Waals surface area contributed by atoms with Crippen molar-refractivity contribution in [2.45, 2.75) is 13.8 Å². The first-order valence-electron chi connectivity index (χ1n) is 6.82. The van der Waals surface area contributed by atoms with Gasteiger partial charge in [-0.25, -0.2) is 4.79 Å². The molecule has 0 aromatic heterocycles. The highest BCUT2D eigenvalue weighted by atomic mass is 16.4. The molecule has 0 saturated heterocycles. The first-order valence-corrected chi connectivity index (χ1v) is 6.82. The number of allylic oxidation sites excluding steroid dienone is 5. The second-order valence-electron chi connectivity index (χ2n) is 4.96. The number of hydrogen-bond acceptors (Lipinski definition) is 1. The maximum absolute atomic E-state index is 10.5. The highest BCUT2D eigenvalue weighted by Gasteiger charge is 2.00. The maximum atomic E-state index is 10.5. The molecule has 0 heterocycles. The van der Waals surface area contributed by atoms with Gasteiger partial charge < -0.3 is 5.11 Å². The lowest BCUT2D eigenvalue weighted by Gasteiger charge is -2.06. The van der Waals surface area contributed by atoms with E-state index < -0.39 is 5.97 Å². The minimum atomic E-state index is -0.924. The third-order valence-electron chi connectivity index (χ3n) is 3.27. The van der Waals surface area contributed by atoms with Crippen LogP contribution in [0.4, 0.5) is 0 Å². The van der Waals surface area contributed by atoms with Gasteiger partial charge in [-0.3, -0.25) is 0 Å². The van der Waals surface area contributed by atoms with Crippen LogP contribution < -0.4 is 0 Å². The molecule has 0 unspecified atom stereocenters. The van der Waals surface area contributed by atoms with Crippen LogP contribution >= 0.6 is 0 Å². The van der Waals surface area contributed by atoms with Gasteiger partial charge in [-0.2, -0.15) is 0 Å². The molecule has 2 nitrogen and oxygen atoms in total. The summed E-state index contributed by atoms with van der Waals surface area (Å²) < 4.78 is 0. The molecule has 106 valence electrons. The zero-order valence-electron chi connectivity index (χ0n) is 12.2. The third kappa shape index (κ3) is 3.93. The number of carboxylic acid groups (broad SMARTS) is 1. The van der Waals surface area contributed by atoms with Gasteiger partial charge in [-0.15, -0.1) is 0 Å². The molecule has 0 aliphatic heterocycles. The van der Waals surface area contributed by atoms with Gasteiger partial charge in [-0.1, -0.05) is 60.7 Å². The van der Waals surface area contributed by atoms with E-state index in [0.717, 1.165) is 5.57 Å². The van der Waals surface area contributed by atoms with Crippen LogP contribution in [0.2, 0.25) is 0 Å². The summed E-state index contributed by atoms with van der Waals surface area (Å²) in [6, 6.07) is 14.5. The summed E-state index contributed by atoms with van der Waals surface area (Å²) in [5.74, 6) is -0.924. The number of hydrogen-bond donors (Lipinski definition) is 1. The van der Waals surface area contributed by atoms with Gasteiger partial charge in [0, 0.05) is 6.08 Å². The van der Waals surface area contributed by atoms with Crippen molar-refractivity contribution < 1.29 is 9.90 Å². The minimum absolute atomic E-state index is 0.712. The Morgan fingerprint density at radius 1 is 1.05 bits per heavy atom. The normalized spacial score (nSPS) is 13.0. The SMILES string of the molecule is C/C(=C/C=C/C(C)=C/C(=O)O)c1cccc2ccccc12. The number of aliphatic carboxylic acids is 1. The average Bonchev–Trinajstić information content (AvgIpc) is 2.45. The summed E-state index contributed by atoms with van der Waals surface area (Å²) in [7, 11) is 0. The van der Waals surface area contributed by atoms with Crippen LogP contribution in [0.1, 0.15) is 19.4 Å². The van der Waals surface area contributed by atoms with Crippen molar-refractivity contribution in [3.8, 4) is 0 Å². The van der Waals surface area contributed by atoms with Crippen LogP contribution in [-0.4, -0.2) is 11.1 Å². The van der Waals surface area contributed by atoms with Crippen molar-refractivity contribution in [2.24, 2.45) is 0 Å². The third-order valence-corrected chi connectivity index (χ3v) is 3.27. The van der Waals surface area contributed by atoms with E-state index >= 15 is 0 Å². The molecular weight excluding hydrogens is 260 g/mol. The zero-order chi connectivity index (χ0) is 15.2. The Bertz CT molecular complexity index is 744. The predicted octanol–water partition coefficient (Wildman–Crippen LogP) is 4.83. The number of fused-ring (bicyclic) bond motifs is 1. The van der Waals surface area contributed by atoms with Gasteiger partial charge in [0.15, 0.2) is 0 Å². The van der Waals surface area contributed by atoms with E-state index in [-0.39, 0.29) is 0 Å². The van der Waals surface area contributed by atoms with E-state index in [1.54, 1.807) is 13.0 Å². The van der Waals surface area contributed by atoms with E-state index in [1.807, 2.05) is 30.4 Å². The Balaban J connectivity index is 2.30. The van der Waals surface area contributed by atoms with E-state index in [2.05, 4.69) is 31.2 Å². The van der Waals surface area contributed by atoms with Crippen molar-refractivity contribution in [2.75, 3.05) is 0 Å². The van der Waals surface area contributed by atoms with Gasteiger partial charge >= 0.3 is 5.97 Å². The molecule has 0 bridgehead atoms. The minimum Gasteiger partial charge on any atom is -0.478 e. The lowest BCUT2D eigenvalue weighted by molar-refractivity contribution is -0.131. The lowest BCUT2D eigenvalue weighted by Crippen LogP contribution is -1.87. The molecule has 2 heteroatoms. The molecule has 0 spiro atoms. The van der Waals surface area contributed by atoms with Gasteiger partial charge in [-0.05, 0) is 41.3 Å². The molecule has 2 rings (SSSR count). The summed E-state index contributed by atoms with van der Waals surface area (Å²) in [5.41, 5.74) is 3.05. The quantitative estimate of drug-likeness (QED) is 0.642. The predicted molar refractivity (Wildman–Crippen MR) is 88.1 cm³/mol. The molecule has 1 N–H and O–H groups in total. The summed E-state index contributed by atoms with van der Waals surface area (Å²) in [6.07, 6.45) is 6.87. The van der Waals surface area contributed by atoms with Crippen LogP contribution in [0, 0.1) is 0 Å². The molecule has 0 fully saturated rings. The Hall–Kier alpha value is -2.61. The average molecular weight is 278 g/mol.